The Bertz CT molecular complexity index is 237. The maximum Gasteiger partial charge on any atom is 0.221 e. The highest BCUT2D eigenvalue weighted by atomic mass is 16.1. The Hall–Kier alpha value is -0.570. The second-order valence-electron chi connectivity index (χ2n) is 6.43. The fraction of sp³-hybridized carbons (Fsp3) is 0.929. The van der Waals surface area contributed by atoms with Crippen LogP contribution in [0.2, 0.25) is 0 Å². The van der Waals surface area contributed by atoms with Crippen molar-refractivity contribution >= 4 is 5.91 Å². The number of nitrogens with two attached hydrogens (primary N) is 1. The molecule has 1 aliphatic carbocycles. The minimum Gasteiger partial charge on any atom is -0.356 e. The van der Waals surface area contributed by atoms with Gasteiger partial charge in [0.05, 0.1) is 0 Å². The molecule has 0 aromatic rings. The quantitative estimate of drug-likeness (QED) is 0.792. The molecular formula is C14H28N2O. The van der Waals surface area contributed by atoms with Crippen LogP contribution in [0.15, 0.2) is 0 Å². The van der Waals surface area contributed by atoms with E-state index in [2.05, 4.69) is 26.1 Å². The molecule has 1 saturated carbocycles. The SMILES string of the molecule is CC(C)(C)C1CCC(CNC(=O)CCN)CC1. The third-order valence-corrected chi connectivity index (χ3v) is 4.03. The lowest BCUT2D eigenvalue weighted by Gasteiger charge is -2.37. The van der Waals surface area contributed by atoms with Crippen LogP contribution in [0.3, 0.4) is 0 Å². The van der Waals surface area contributed by atoms with Gasteiger partial charge in [-0.05, 0) is 42.9 Å². The first-order valence-electron chi connectivity index (χ1n) is 6.90. The number of carbonyl (C=O) groups excluding carboxylic acids is 1. The number of hydrogen-bond donors (Lipinski definition) is 2. The van der Waals surface area contributed by atoms with Crippen LogP contribution in [0.25, 0.3) is 0 Å². The van der Waals surface area contributed by atoms with Gasteiger partial charge in [0.2, 0.25) is 5.91 Å². The van der Waals surface area contributed by atoms with E-state index in [1.54, 1.807) is 0 Å². The Morgan fingerprint density at radius 1 is 1.24 bits per heavy atom. The number of carbonyl (C=O) groups is 1. The molecule has 0 atom stereocenters. The van der Waals surface area contributed by atoms with Crippen molar-refractivity contribution in [3.63, 3.8) is 0 Å². The highest BCUT2D eigenvalue weighted by Crippen LogP contribution is 2.39. The first-order chi connectivity index (χ1) is 7.93. The van der Waals surface area contributed by atoms with Crippen LogP contribution < -0.4 is 11.1 Å². The van der Waals surface area contributed by atoms with Crippen molar-refractivity contribution < 1.29 is 4.79 Å². The standard InChI is InChI=1S/C14H28N2O/c1-14(2,3)12-6-4-11(5-7-12)10-16-13(17)8-9-15/h11-12H,4-10,15H2,1-3H3,(H,16,17). The molecule has 0 bridgehead atoms. The first kappa shape index (κ1) is 14.5. The molecule has 0 heterocycles. The summed E-state index contributed by atoms with van der Waals surface area (Å²) in [5.41, 5.74) is 5.78. The molecule has 1 amide bonds. The Balaban J connectivity index is 2.21. The maximum atomic E-state index is 11.3. The van der Waals surface area contributed by atoms with E-state index in [4.69, 9.17) is 5.73 Å². The van der Waals surface area contributed by atoms with E-state index in [0.717, 1.165) is 12.5 Å². The first-order valence-corrected chi connectivity index (χ1v) is 6.90. The monoisotopic (exact) mass is 240 g/mol. The van der Waals surface area contributed by atoms with E-state index in [1.807, 2.05) is 0 Å². The van der Waals surface area contributed by atoms with Gasteiger partial charge in [0.1, 0.15) is 0 Å². The lowest BCUT2D eigenvalue weighted by molar-refractivity contribution is -0.121. The van der Waals surface area contributed by atoms with Crippen molar-refractivity contribution in [1.82, 2.24) is 5.32 Å². The zero-order valence-electron chi connectivity index (χ0n) is 11.6. The fourth-order valence-corrected chi connectivity index (χ4v) is 2.71. The summed E-state index contributed by atoms with van der Waals surface area (Å²) in [4.78, 5) is 11.3. The lowest BCUT2D eigenvalue weighted by atomic mass is 9.70. The molecule has 0 unspecified atom stereocenters. The van der Waals surface area contributed by atoms with Gasteiger partial charge in [-0.25, -0.2) is 0 Å². The number of rotatable bonds is 4. The summed E-state index contributed by atoms with van der Waals surface area (Å²) in [6.07, 6.45) is 5.58. The molecule has 1 aliphatic rings. The van der Waals surface area contributed by atoms with Gasteiger partial charge in [-0.3, -0.25) is 4.79 Å². The molecule has 100 valence electrons. The van der Waals surface area contributed by atoms with Gasteiger partial charge in [-0.2, -0.15) is 0 Å². The summed E-state index contributed by atoms with van der Waals surface area (Å²) in [5.74, 6) is 1.62. The molecule has 3 nitrogen and oxygen atoms in total. The third-order valence-electron chi connectivity index (χ3n) is 4.03. The molecule has 17 heavy (non-hydrogen) atoms. The molecule has 0 spiro atoms. The van der Waals surface area contributed by atoms with Crippen molar-refractivity contribution in [3.8, 4) is 0 Å². The van der Waals surface area contributed by atoms with E-state index in [0.29, 0.717) is 24.3 Å². The molecular weight excluding hydrogens is 212 g/mol. The van der Waals surface area contributed by atoms with Crippen LogP contribution in [0.5, 0.6) is 0 Å². The van der Waals surface area contributed by atoms with Crippen molar-refractivity contribution in [1.29, 1.82) is 0 Å². The average Bonchev–Trinajstić information content (AvgIpc) is 2.26. The van der Waals surface area contributed by atoms with Crippen molar-refractivity contribution in [3.05, 3.63) is 0 Å². The zero-order valence-corrected chi connectivity index (χ0v) is 11.6. The van der Waals surface area contributed by atoms with Gasteiger partial charge in [0.15, 0.2) is 0 Å². The summed E-state index contributed by atoms with van der Waals surface area (Å²) >= 11 is 0. The lowest BCUT2D eigenvalue weighted by Crippen LogP contribution is -2.34. The Morgan fingerprint density at radius 3 is 2.29 bits per heavy atom. The summed E-state index contributed by atoms with van der Waals surface area (Å²) in [5, 5.41) is 2.99. The number of hydrogen-bond acceptors (Lipinski definition) is 2. The molecule has 3 N–H and O–H groups in total. The third kappa shape index (κ3) is 5.07. The predicted molar refractivity (Wildman–Crippen MR) is 71.6 cm³/mol. The molecule has 0 saturated heterocycles. The van der Waals surface area contributed by atoms with E-state index >= 15 is 0 Å². The summed E-state index contributed by atoms with van der Waals surface area (Å²) in [6.45, 7) is 8.29. The van der Waals surface area contributed by atoms with Gasteiger partial charge < -0.3 is 11.1 Å². The van der Waals surface area contributed by atoms with Gasteiger partial charge >= 0.3 is 0 Å². The number of amides is 1. The zero-order chi connectivity index (χ0) is 12.9. The molecule has 1 rings (SSSR count). The molecule has 0 aromatic heterocycles. The Kier molecular flexibility index (Phi) is 5.44. The second-order valence-corrected chi connectivity index (χ2v) is 6.43. The topological polar surface area (TPSA) is 55.1 Å². The molecule has 0 aromatic carbocycles. The molecule has 0 radical (unpaired) electrons. The average molecular weight is 240 g/mol. The summed E-state index contributed by atoms with van der Waals surface area (Å²) < 4.78 is 0. The minimum atomic E-state index is 0.102. The van der Waals surface area contributed by atoms with E-state index in [-0.39, 0.29) is 5.91 Å². The van der Waals surface area contributed by atoms with Crippen molar-refractivity contribution in [2.24, 2.45) is 23.0 Å². The normalized spacial score (nSPS) is 25.6. The number of nitrogens with one attached hydrogen (secondary N) is 1. The predicted octanol–water partition coefficient (Wildman–Crippen LogP) is 2.30. The summed E-state index contributed by atoms with van der Waals surface area (Å²) in [7, 11) is 0. The largest absolute Gasteiger partial charge is 0.356 e. The molecule has 3 heteroatoms. The Morgan fingerprint density at radius 2 is 1.82 bits per heavy atom. The van der Waals surface area contributed by atoms with Crippen molar-refractivity contribution in [2.75, 3.05) is 13.1 Å². The van der Waals surface area contributed by atoms with Gasteiger partial charge in [-0.1, -0.05) is 20.8 Å². The second kappa shape index (κ2) is 6.39. The minimum absolute atomic E-state index is 0.102. The van der Waals surface area contributed by atoms with Crippen LogP contribution in [0, 0.1) is 17.3 Å². The summed E-state index contributed by atoms with van der Waals surface area (Å²) in [6, 6.07) is 0. The van der Waals surface area contributed by atoms with Gasteiger partial charge in [0, 0.05) is 19.5 Å². The van der Waals surface area contributed by atoms with Crippen LogP contribution in [0.1, 0.15) is 52.9 Å². The molecule has 1 fully saturated rings. The van der Waals surface area contributed by atoms with Crippen LogP contribution >= 0.6 is 0 Å². The van der Waals surface area contributed by atoms with E-state index < -0.39 is 0 Å². The Labute approximate surface area is 106 Å². The fourth-order valence-electron chi connectivity index (χ4n) is 2.71. The maximum absolute atomic E-state index is 11.3. The van der Waals surface area contributed by atoms with Crippen LogP contribution in [0.4, 0.5) is 0 Å². The van der Waals surface area contributed by atoms with E-state index in [1.165, 1.54) is 25.7 Å². The van der Waals surface area contributed by atoms with Crippen molar-refractivity contribution in [2.45, 2.75) is 52.9 Å². The van der Waals surface area contributed by atoms with E-state index in [9.17, 15) is 4.79 Å². The van der Waals surface area contributed by atoms with Crippen LogP contribution in [-0.2, 0) is 4.79 Å². The smallest absolute Gasteiger partial charge is 0.221 e. The van der Waals surface area contributed by atoms with Gasteiger partial charge in [0.25, 0.3) is 0 Å². The highest BCUT2D eigenvalue weighted by molar-refractivity contribution is 5.75. The highest BCUT2D eigenvalue weighted by Gasteiger charge is 2.29. The van der Waals surface area contributed by atoms with Crippen LogP contribution in [-0.4, -0.2) is 19.0 Å². The van der Waals surface area contributed by atoms with Gasteiger partial charge in [-0.15, -0.1) is 0 Å². The molecule has 0 aliphatic heterocycles.